The van der Waals surface area contributed by atoms with Crippen LogP contribution in [-0.4, -0.2) is 46.7 Å². The normalized spacial score (nSPS) is 22.5. The summed E-state index contributed by atoms with van der Waals surface area (Å²) in [6.07, 6.45) is 0. The van der Waals surface area contributed by atoms with E-state index in [1.54, 1.807) is 13.0 Å². The Hall–Kier alpha value is -2.05. The molecular weight excluding hydrogens is 252 g/mol. The number of carbonyl (C=O) groups excluding carboxylic acids is 1. The molecule has 1 saturated heterocycles. The number of hydrogen-bond donors (Lipinski definition) is 1. The van der Waals surface area contributed by atoms with Gasteiger partial charge in [0, 0.05) is 19.2 Å². The number of rotatable bonds is 4. The van der Waals surface area contributed by atoms with Gasteiger partial charge in [-0.05, 0) is 18.0 Å². The number of aromatic nitrogens is 1. The maximum absolute atomic E-state index is 11.9. The molecule has 1 N–H and O–H groups in total. The maximum Gasteiger partial charge on any atom is 0.308 e. The molecule has 0 spiro atoms. The second-order valence-electron chi connectivity index (χ2n) is 4.79. The van der Waals surface area contributed by atoms with Crippen molar-refractivity contribution in [2.75, 3.05) is 19.7 Å². The quantitative estimate of drug-likeness (QED) is 0.856. The number of carboxylic acids is 1. The second-order valence-corrected chi connectivity index (χ2v) is 4.79. The van der Waals surface area contributed by atoms with Crippen molar-refractivity contribution < 1.29 is 24.0 Å². The lowest BCUT2D eigenvalue weighted by molar-refractivity contribution is -0.142. The molecule has 1 aromatic heterocycles. The Morgan fingerprint density at radius 1 is 1.58 bits per heavy atom. The van der Waals surface area contributed by atoms with Crippen LogP contribution in [0.25, 0.3) is 0 Å². The lowest BCUT2D eigenvalue weighted by Crippen LogP contribution is -2.33. The van der Waals surface area contributed by atoms with Crippen LogP contribution in [0.15, 0.2) is 10.6 Å². The topological polar surface area (TPSA) is 92.9 Å². The molecule has 2 unspecified atom stereocenters. The number of aliphatic carboxylic acids is 1. The van der Waals surface area contributed by atoms with Gasteiger partial charge in [-0.3, -0.25) is 9.59 Å². The maximum atomic E-state index is 11.9. The van der Waals surface area contributed by atoms with E-state index in [0.717, 1.165) is 0 Å². The van der Waals surface area contributed by atoms with Gasteiger partial charge in [-0.25, -0.2) is 0 Å². The lowest BCUT2D eigenvalue weighted by atomic mass is 9.99. The average molecular weight is 268 g/mol. The zero-order valence-electron chi connectivity index (χ0n) is 10.8. The predicted octanol–water partition coefficient (Wildman–Crippen LogP) is 0.541. The van der Waals surface area contributed by atoms with Crippen molar-refractivity contribution in [1.29, 1.82) is 0 Å². The third-order valence-electron chi connectivity index (χ3n) is 3.23. The van der Waals surface area contributed by atoms with Crippen LogP contribution in [0.2, 0.25) is 0 Å². The van der Waals surface area contributed by atoms with Crippen LogP contribution in [0.3, 0.4) is 0 Å². The highest BCUT2D eigenvalue weighted by atomic mass is 16.5. The van der Waals surface area contributed by atoms with Crippen molar-refractivity contribution in [3.63, 3.8) is 0 Å². The molecule has 0 aliphatic carbocycles. The first-order chi connectivity index (χ1) is 8.97. The molecule has 0 aromatic carbocycles. The van der Waals surface area contributed by atoms with Gasteiger partial charge in [0.05, 0.1) is 5.92 Å². The van der Waals surface area contributed by atoms with E-state index in [1.165, 1.54) is 4.90 Å². The average Bonchev–Trinajstić information content (AvgIpc) is 2.92. The largest absolute Gasteiger partial charge is 0.481 e. The van der Waals surface area contributed by atoms with Gasteiger partial charge in [0.1, 0.15) is 5.76 Å². The zero-order chi connectivity index (χ0) is 14.0. The summed E-state index contributed by atoms with van der Waals surface area (Å²) < 4.78 is 10.00. The second kappa shape index (κ2) is 5.29. The summed E-state index contributed by atoms with van der Waals surface area (Å²) in [6, 6.07) is 1.58. The molecule has 0 saturated carbocycles. The van der Waals surface area contributed by atoms with Crippen molar-refractivity contribution in [2.24, 2.45) is 11.8 Å². The molecule has 0 bridgehead atoms. The van der Waals surface area contributed by atoms with Crippen molar-refractivity contribution in [2.45, 2.75) is 13.8 Å². The predicted molar refractivity (Wildman–Crippen MR) is 63.6 cm³/mol. The third kappa shape index (κ3) is 3.04. The van der Waals surface area contributed by atoms with Crippen LogP contribution < -0.4 is 4.74 Å². The molecule has 2 heterocycles. The molecule has 1 aliphatic heterocycles. The Morgan fingerprint density at radius 3 is 2.84 bits per heavy atom. The Morgan fingerprint density at radius 2 is 2.32 bits per heavy atom. The van der Waals surface area contributed by atoms with Gasteiger partial charge >= 0.3 is 5.97 Å². The smallest absolute Gasteiger partial charge is 0.308 e. The molecular formula is C12H16N2O5. The molecule has 2 atom stereocenters. The zero-order valence-corrected chi connectivity index (χ0v) is 10.8. The number of likely N-dealkylation sites (tertiary alicyclic amines) is 1. The molecule has 7 nitrogen and oxygen atoms in total. The molecule has 2 rings (SSSR count). The number of amides is 1. The van der Waals surface area contributed by atoms with E-state index in [4.69, 9.17) is 14.4 Å². The highest BCUT2D eigenvalue weighted by Crippen LogP contribution is 2.23. The van der Waals surface area contributed by atoms with E-state index in [1.807, 2.05) is 6.92 Å². The Bertz CT molecular complexity index is 484. The summed E-state index contributed by atoms with van der Waals surface area (Å²) >= 11 is 0. The van der Waals surface area contributed by atoms with Gasteiger partial charge in [0.15, 0.2) is 6.61 Å². The number of hydrogen-bond acceptors (Lipinski definition) is 5. The summed E-state index contributed by atoms with van der Waals surface area (Å²) in [4.78, 5) is 24.4. The van der Waals surface area contributed by atoms with Gasteiger partial charge in [-0.15, -0.1) is 0 Å². The Kier molecular flexibility index (Phi) is 3.73. The lowest BCUT2D eigenvalue weighted by Gasteiger charge is -2.15. The van der Waals surface area contributed by atoms with Gasteiger partial charge in [0.2, 0.25) is 0 Å². The van der Waals surface area contributed by atoms with Crippen molar-refractivity contribution in [1.82, 2.24) is 10.1 Å². The molecule has 7 heteroatoms. The molecule has 1 aliphatic rings. The minimum atomic E-state index is -0.865. The standard InChI is InChI=1S/C12H16N2O5/c1-7-4-14(5-9(7)12(16)17)11(15)6-18-10-3-8(2)19-13-10/h3,7,9H,4-6H2,1-2H3,(H,16,17). The fourth-order valence-electron chi connectivity index (χ4n) is 2.13. The fourth-order valence-corrected chi connectivity index (χ4v) is 2.13. The van der Waals surface area contributed by atoms with Gasteiger partial charge in [0.25, 0.3) is 11.8 Å². The summed E-state index contributed by atoms with van der Waals surface area (Å²) in [5.74, 6) is -0.794. The third-order valence-corrected chi connectivity index (χ3v) is 3.23. The van der Waals surface area contributed by atoms with Crippen molar-refractivity contribution in [3.05, 3.63) is 11.8 Å². The van der Waals surface area contributed by atoms with Gasteiger partial charge in [-0.1, -0.05) is 6.92 Å². The number of carbonyl (C=O) groups is 2. The summed E-state index contributed by atoms with van der Waals surface area (Å²) in [7, 11) is 0. The monoisotopic (exact) mass is 268 g/mol. The minimum Gasteiger partial charge on any atom is -0.481 e. The van der Waals surface area contributed by atoms with E-state index < -0.39 is 11.9 Å². The Balaban J connectivity index is 1.86. The summed E-state index contributed by atoms with van der Waals surface area (Å²) in [6.45, 7) is 4.06. The van der Waals surface area contributed by atoms with E-state index in [9.17, 15) is 9.59 Å². The first-order valence-electron chi connectivity index (χ1n) is 6.04. The first kappa shape index (κ1) is 13.4. The number of aryl methyl sites for hydroxylation is 1. The molecule has 104 valence electrons. The van der Waals surface area contributed by atoms with Crippen LogP contribution in [0, 0.1) is 18.8 Å². The summed E-state index contributed by atoms with van der Waals surface area (Å²) in [5.41, 5.74) is 0. The fraction of sp³-hybridized carbons (Fsp3) is 0.583. The minimum absolute atomic E-state index is 0.0456. The van der Waals surface area contributed by atoms with Crippen molar-refractivity contribution >= 4 is 11.9 Å². The van der Waals surface area contributed by atoms with Crippen LogP contribution in [-0.2, 0) is 9.59 Å². The molecule has 0 radical (unpaired) electrons. The molecule has 1 aromatic rings. The first-order valence-corrected chi connectivity index (χ1v) is 6.04. The number of nitrogens with zero attached hydrogens (tertiary/aromatic N) is 2. The van der Waals surface area contributed by atoms with E-state index in [-0.39, 0.29) is 30.9 Å². The van der Waals surface area contributed by atoms with E-state index in [2.05, 4.69) is 5.16 Å². The van der Waals surface area contributed by atoms with Gasteiger partial charge in [-0.2, -0.15) is 0 Å². The van der Waals surface area contributed by atoms with Gasteiger partial charge < -0.3 is 19.3 Å². The molecule has 1 fully saturated rings. The van der Waals surface area contributed by atoms with Crippen LogP contribution in [0.5, 0.6) is 5.88 Å². The van der Waals surface area contributed by atoms with E-state index >= 15 is 0 Å². The SMILES string of the molecule is Cc1cc(OCC(=O)N2CC(C)C(C(=O)O)C2)no1. The Labute approximate surface area is 110 Å². The number of carboxylic acid groups (broad SMARTS) is 1. The molecule has 1 amide bonds. The van der Waals surface area contributed by atoms with E-state index in [0.29, 0.717) is 12.3 Å². The molecule has 19 heavy (non-hydrogen) atoms. The summed E-state index contributed by atoms with van der Waals surface area (Å²) in [5, 5.41) is 12.6. The van der Waals surface area contributed by atoms with Crippen LogP contribution in [0.1, 0.15) is 12.7 Å². The highest BCUT2D eigenvalue weighted by Gasteiger charge is 2.36. The van der Waals surface area contributed by atoms with Crippen molar-refractivity contribution in [3.8, 4) is 5.88 Å². The number of ether oxygens (including phenoxy) is 1. The van der Waals surface area contributed by atoms with Crippen LogP contribution in [0.4, 0.5) is 0 Å². The van der Waals surface area contributed by atoms with Crippen LogP contribution >= 0.6 is 0 Å². The highest BCUT2D eigenvalue weighted by molar-refractivity contribution is 5.80.